The Morgan fingerprint density at radius 3 is 2.69 bits per heavy atom. The maximum absolute atomic E-state index is 12.6. The van der Waals surface area contributed by atoms with Crippen LogP contribution in [-0.2, 0) is 17.9 Å². The van der Waals surface area contributed by atoms with Crippen LogP contribution < -0.4 is 5.56 Å². The number of aromatic nitrogens is 4. The van der Waals surface area contributed by atoms with Crippen LogP contribution in [-0.4, -0.2) is 37.5 Å². The number of hydrogen-bond donors (Lipinski definition) is 0. The minimum absolute atomic E-state index is 0.0753. The van der Waals surface area contributed by atoms with Gasteiger partial charge in [-0.25, -0.2) is 4.98 Å². The molecule has 0 atom stereocenters. The standard InChI is InChI=1S/C18H21N5O3/c1-11(2)17-20-15(21-26-17)9-22(4)16(24)10-23-14-8-6-5-7-13(14)19-12(3)18(23)25/h5-8,11H,9-10H2,1-4H3. The molecule has 0 unspecified atom stereocenters. The summed E-state index contributed by atoms with van der Waals surface area (Å²) in [4.78, 5) is 35.1. The van der Waals surface area contributed by atoms with Crippen molar-refractivity contribution in [1.82, 2.24) is 24.6 Å². The third-order valence-electron chi connectivity index (χ3n) is 4.09. The largest absolute Gasteiger partial charge is 0.339 e. The Morgan fingerprint density at radius 1 is 1.27 bits per heavy atom. The molecule has 0 saturated carbocycles. The van der Waals surface area contributed by atoms with Crippen molar-refractivity contribution < 1.29 is 9.32 Å². The van der Waals surface area contributed by atoms with Gasteiger partial charge in [0.05, 0.1) is 17.6 Å². The van der Waals surface area contributed by atoms with Gasteiger partial charge in [0.1, 0.15) is 12.2 Å². The Labute approximate surface area is 150 Å². The number of fused-ring (bicyclic) bond motifs is 1. The molecule has 2 heterocycles. The second-order valence-corrected chi connectivity index (χ2v) is 6.53. The highest BCUT2D eigenvalue weighted by Gasteiger charge is 2.17. The average molecular weight is 355 g/mol. The summed E-state index contributed by atoms with van der Waals surface area (Å²) < 4.78 is 6.61. The highest BCUT2D eigenvalue weighted by atomic mass is 16.5. The number of hydrogen-bond acceptors (Lipinski definition) is 6. The van der Waals surface area contributed by atoms with Crippen molar-refractivity contribution in [2.45, 2.75) is 39.8 Å². The molecular formula is C18H21N5O3. The van der Waals surface area contributed by atoms with Crippen molar-refractivity contribution in [2.75, 3.05) is 7.05 Å². The molecule has 26 heavy (non-hydrogen) atoms. The molecule has 3 aromatic rings. The van der Waals surface area contributed by atoms with E-state index in [1.807, 2.05) is 32.0 Å². The van der Waals surface area contributed by atoms with Crippen LogP contribution in [0.25, 0.3) is 11.0 Å². The first-order chi connectivity index (χ1) is 12.4. The van der Waals surface area contributed by atoms with Gasteiger partial charge in [0.25, 0.3) is 5.56 Å². The number of amides is 1. The van der Waals surface area contributed by atoms with Gasteiger partial charge in [-0.3, -0.25) is 14.2 Å². The van der Waals surface area contributed by atoms with Crippen molar-refractivity contribution in [1.29, 1.82) is 0 Å². The highest BCUT2D eigenvalue weighted by molar-refractivity contribution is 5.80. The number of carbonyl (C=O) groups excluding carboxylic acids is 1. The Kier molecular flexibility index (Phi) is 4.83. The summed E-state index contributed by atoms with van der Waals surface area (Å²) in [6, 6.07) is 7.26. The molecule has 0 aliphatic carbocycles. The van der Waals surface area contributed by atoms with Gasteiger partial charge in [-0.1, -0.05) is 31.1 Å². The minimum atomic E-state index is -0.271. The summed E-state index contributed by atoms with van der Waals surface area (Å²) in [5, 5.41) is 3.89. The second kappa shape index (κ2) is 7.07. The molecule has 0 radical (unpaired) electrons. The molecule has 1 aromatic carbocycles. The van der Waals surface area contributed by atoms with Gasteiger partial charge in [0.2, 0.25) is 11.8 Å². The van der Waals surface area contributed by atoms with Crippen LogP contribution >= 0.6 is 0 Å². The molecular weight excluding hydrogens is 334 g/mol. The number of para-hydroxylation sites is 2. The van der Waals surface area contributed by atoms with Crippen LogP contribution in [0.5, 0.6) is 0 Å². The second-order valence-electron chi connectivity index (χ2n) is 6.53. The number of likely N-dealkylation sites (N-methyl/N-ethyl adjacent to an activating group) is 1. The molecule has 2 aromatic heterocycles. The van der Waals surface area contributed by atoms with Crippen LogP contribution in [0.2, 0.25) is 0 Å². The first kappa shape index (κ1) is 17.8. The maximum atomic E-state index is 12.6. The van der Waals surface area contributed by atoms with E-state index in [1.54, 1.807) is 20.0 Å². The van der Waals surface area contributed by atoms with E-state index >= 15 is 0 Å². The predicted octanol–water partition coefficient (Wildman–Crippen LogP) is 1.87. The maximum Gasteiger partial charge on any atom is 0.272 e. The predicted molar refractivity (Wildman–Crippen MR) is 95.6 cm³/mol. The number of carbonyl (C=O) groups is 1. The van der Waals surface area contributed by atoms with Crippen LogP contribution in [0, 0.1) is 6.92 Å². The van der Waals surface area contributed by atoms with Crippen molar-refractivity contribution in [2.24, 2.45) is 0 Å². The Bertz CT molecular complexity index is 1010. The van der Waals surface area contributed by atoms with Gasteiger partial charge in [-0.15, -0.1) is 0 Å². The van der Waals surface area contributed by atoms with E-state index in [4.69, 9.17) is 4.52 Å². The van der Waals surface area contributed by atoms with E-state index in [0.29, 0.717) is 28.4 Å². The molecule has 0 N–H and O–H groups in total. The molecule has 3 rings (SSSR count). The van der Waals surface area contributed by atoms with Crippen LogP contribution in [0.1, 0.15) is 37.2 Å². The van der Waals surface area contributed by atoms with Gasteiger partial charge in [0.15, 0.2) is 5.82 Å². The molecule has 8 nitrogen and oxygen atoms in total. The molecule has 8 heteroatoms. The zero-order valence-electron chi connectivity index (χ0n) is 15.3. The number of benzene rings is 1. The van der Waals surface area contributed by atoms with Crippen molar-refractivity contribution >= 4 is 16.9 Å². The van der Waals surface area contributed by atoms with Gasteiger partial charge in [0, 0.05) is 13.0 Å². The van der Waals surface area contributed by atoms with Gasteiger partial charge in [-0.05, 0) is 19.1 Å². The normalized spacial score (nSPS) is 11.3. The number of nitrogens with zero attached hydrogens (tertiary/aromatic N) is 5. The molecule has 0 aliphatic heterocycles. The zero-order valence-corrected chi connectivity index (χ0v) is 15.3. The van der Waals surface area contributed by atoms with E-state index in [0.717, 1.165) is 0 Å². The van der Waals surface area contributed by atoms with E-state index < -0.39 is 0 Å². The molecule has 136 valence electrons. The topological polar surface area (TPSA) is 94.1 Å². The van der Waals surface area contributed by atoms with Gasteiger partial charge < -0.3 is 9.42 Å². The van der Waals surface area contributed by atoms with E-state index in [-0.39, 0.29) is 30.5 Å². The fraction of sp³-hybridized carbons (Fsp3) is 0.389. The van der Waals surface area contributed by atoms with Crippen LogP contribution in [0.15, 0.2) is 33.6 Å². The molecule has 0 saturated heterocycles. The molecule has 0 fully saturated rings. The Morgan fingerprint density at radius 2 is 2.00 bits per heavy atom. The van der Waals surface area contributed by atoms with Crippen molar-refractivity contribution in [3.63, 3.8) is 0 Å². The van der Waals surface area contributed by atoms with Crippen LogP contribution in [0.3, 0.4) is 0 Å². The lowest BCUT2D eigenvalue weighted by Crippen LogP contribution is -2.35. The minimum Gasteiger partial charge on any atom is -0.339 e. The highest BCUT2D eigenvalue weighted by Crippen LogP contribution is 2.13. The quantitative estimate of drug-likeness (QED) is 0.693. The fourth-order valence-corrected chi connectivity index (χ4v) is 2.60. The molecule has 1 amide bonds. The number of aryl methyl sites for hydroxylation is 1. The third-order valence-corrected chi connectivity index (χ3v) is 4.09. The first-order valence-corrected chi connectivity index (χ1v) is 8.39. The lowest BCUT2D eigenvalue weighted by Gasteiger charge is -2.17. The summed E-state index contributed by atoms with van der Waals surface area (Å²) >= 11 is 0. The Hall–Kier alpha value is -3.03. The SMILES string of the molecule is Cc1nc2ccccc2n(CC(=O)N(C)Cc2noc(C(C)C)n2)c1=O. The van der Waals surface area contributed by atoms with Gasteiger partial charge in [-0.2, -0.15) is 4.98 Å². The summed E-state index contributed by atoms with van der Waals surface area (Å²) in [6.45, 7) is 5.69. The fourth-order valence-electron chi connectivity index (χ4n) is 2.60. The smallest absolute Gasteiger partial charge is 0.272 e. The third kappa shape index (κ3) is 3.49. The molecule has 0 aliphatic rings. The zero-order chi connectivity index (χ0) is 18.8. The lowest BCUT2D eigenvalue weighted by molar-refractivity contribution is -0.131. The van der Waals surface area contributed by atoms with Crippen LogP contribution in [0.4, 0.5) is 0 Å². The van der Waals surface area contributed by atoms with Crippen molar-refractivity contribution in [3.05, 3.63) is 52.0 Å². The average Bonchev–Trinajstić information content (AvgIpc) is 3.07. The van der Waals surface area contributed by atoms with Gasteiger partial charge >= 0.3 is 0 Å². The summed E-state index contributed by atoms with van der Waals surface area (Å²) in [5.41, 5.74) is 1.40. The monoisotopic (exact) mass is 355 g/mol. The molecule has 0 spiro atoms. The summed E-state index contributed by atoms with van der Waals surface area (Å²) in [5.74, 6) is 0.876. The van der Waals surface area contributed by atoms with Crippen molar-refractivity contribution in [3.8, 4) is 0 Å². The summed E-state index contributed by atoms with van der Waals surface area (Å²) in [7, 11) is 1.65. The number of rotatable bonds is 5. The Balaban J connectivity index is 1.82. The lowest BCUT2D eigenvalue weighted by atomic mass is 10.2. The summed E-state index contributed by atoms with van der Waals surface area (Å²) in [6.07, 6.45) is 0. The van der Waals surface area contributed by atoms with E-state index in [1.165, 1.54) is 9.47 Å². The van der Waals surface area contributed by atoms with E-state index in [2.05, 4.69) is 15.1 Å². The molecule has 0 bridgehead atoms. The first-order valence-electron chi connectivity index (χ1n) is 8.39. The van der Waals surface area contributed by atoms with E-state index in [9.17, 15) is 9.59 Å².